The first kappa shape index (κ1) is 13.5. The normalized spacial score (nSPS) is 10.2. The zero-order valence-corrected chi connectivity index (χ0v) is 11.3. The number of nitrogens with one attached hydrogen (secondary N) is 1. The van der Waals surface area contributed by atoms with Crippen molar-refractivity contribution in [3.05, 3.63) is 52.0 Å². The molecule has 5 heteroatoms. The van der Waals surface area contributed by atoms with Gasteiger partial charge in [0.15, 0.2) is 0 Å². The number of rotatable bonds is 5. The minimum atomic E-state index is -0.344. The molecule has 0 atom stereocenters. The largest absolute Gasteiger partial charge is 0.496 e. The van der Waals surface area contributed by atoms with E-state index in [2.05, 4.69) is 5.32 Å². The van der Waals surface area contributed by atoms with Crippen molar-refractivity contribution in [1.82, 2.24) is 5.32 Å². The van der Waals surface area contributed by atoms with Crippen LogP contribution in [0.15, 0.2) is 35.7 Å². The van der Waals surface area contributed by atoms with Gasteiger partial charge in [-0.1, -0.05) is 6.07 Å². The quantitative estimate of drug-likeness (QED) is 0.914. The van der Waals surface area contributed by atoms with E-state index < -0.39 is 0 Å². The van der Waals surface area contributed by atoms with Crippen LogP contribution in [0.4, 0.5) is 4.39 Å². The first-order valence-electron chi connectivity index (χ1n) is 5.80. The van der Waals surface area contributed by atoms with E-state index in [-0.39, 0.29) is 18.3 Å². The fourth-order valence-corrected chi connectivity index (χ4v) is 2.42. The summed E-state index contributed by atoms with van der Waals surface area (Å²) in [6.45, 7) is 0.255. The van der Waals surface area contributed by atoms with Crippen LogP contribution < -0.4 is 10.1 Å². The molecule has 0 unspecified atom stereocenters. The molecule has 0 aliphatic heterocycles. The summed E-state index contributed by atoms with van der Waals surface area (Å²) in [5.74, 6) is 0.134. The second-order valence-corrected chi connectivity index (χ2v) is 5.02. The highest BCUT2D eigenvalue weighted by Gasteiger charge is 2.08. The van der Waals surface area contributed by atoms with Crippen LogP contribution >= 0.6 is 11.3 Å². The molecule has 1 aromatic carbocycles. The molecule has 0 fully saturated rings. The van der Waals surface area contributed by atoms with E-state index in [1.54, 1.807) is 6.07 Å². The maximum Gasteiger partial charge on any atom is 0.225 e. The topological polar surface area (TPSA) is 38.3 Å². The molecule has 0 spiro atoms. The minimum absolute atomic E-state index is 0.0891. The molecule has 0 aliphatic rings. The van der Waals surface area contributed by atoms with E-state index in [9.17, 15) is 9.18 Å². The summed E-state index contributed by atoms with van der Waals surface area (Å²) in [6, 6.07) is 8.06. The van der Waals surface area contributed by atoms with Crippen LogP contribution in [0.3, 0.4) is 0 Å². The Morgan fingerprint density at radius 1 is 1.42 bits per heavy atom. The first-order valence-corrected chi connectivity index (χ1v) is 6.68. The van der Waals surface area contributed by atoms with Crippen molar-refractivity contribution in [3.63, 3.8) is 0 Å². The zero-order chi connectivity index (χ0) is 13.7. The lowest BCUT2D eigenvalue weighted by Crippen LogP contribution is -2.24. The predicted octanol–water partition coefficient (Wildman–Crippen LogP) is 2.75. The Balaban J connectivity index is 1.94. The summed E-state index contributed by atoms with van der Waals surface area (Å²) < 4.78 is 18.3. The molecule has 0 bridgehead atoms. The van der Waals surface area contributed by atoms with Gasteiger partial charge in [-0.15, -0.1) is 11.3 Å². The number of benzene rings is 1. The number of amides is 1. The van der Waals surface area contributed by atoms with Crippen molar-refractivity contribution in [1.29, 1.82) is 0 Å². The van der Waals surface area contributed by atoms with Gasteiger partial charge in [-0.2, -0.15) is 0 Å². The van der Waals surface area contributed by atoms with E-state index in [0.29, 0.717) is 17.7 Å². The zero-order valence-electron chi connectivity index (χ0n) is 10.5. The second kappa shape index (κ2) is 6.33. The maximum absolute atomic E-state index is 13.1. The standard InChI is InChI=1S/C14H14FNO2S/c1-18-13-5-4-11(15)7-10(13)9-16-14(17)8-12-3-2-6-19-12/h2-7H,8-9H2,1H3,(H,16,17). The Morgan fingerprint density at radius 3 is 2.95 bits per heavy atom. The van der Waals surface area contributed by atoms with E-state index in [4.69, 9.17) is 4.74 Å². The third-order valence-corrected chi connectivity index (χ3v) is 3.51. The van der Waals surface area contributed by atoms with Gasteiger partial charge in [0.2, 0.25) is 5.91 Å². The van der Waals surface area contributed by atoms with E-state index >= 15 is 0 Å². The second-order valence-electron chi connectivity index (χ2n) is 3.99. The lowest BCUT2D eigenvalue weighted by molar-refractivity contribution is -0.120. The highest BCUT2D eigenvalue weighted by Crippen LogP contribution is 2.19. The summed E-state index contributed by atoms with van der Waals surface area (Å²) in [5.41, 5.74) is 0.627. The van der Waals surface area contributed by atoms with Crippen LogP contribution in [0.1, 0.15) is 10.4 Å². The van der Waals surface area contributed by atoms with E-state index in [0.717, 1.165) is 4.88 Å². The van der Waals surface area contributed by atoms with Gasteiger partial charge in [0, 0.05) is 17.0 Å². The first-order chi connectivity index (χ1) is 9.19. The molecule has 0 radical (unpaired) electrons. The Labute approximate surface area is 115 Å². The average Bonchev–Trinajstić information content (AvgIpc) is 2.89. The molecule has 1 heterocycles. The van der Waals surface area contributed by atoms with Gasteiger partial charge < -0.3 is 10.1 Å². The summed E-state index contributed by atoms with van der Waals surface area (Å²) in [5, 5.41) is 4.69. The molecule has 2 aromatic rings. The number of carbonyl (C=O) groups is 1. The van der Waals surface area contributed by atoms with Gasteiger partial charge >= 0.3 is 0 Å². The van der Waals surface area contributed by atoms with Gasteiger partial charge in [-0.05, 0) is 29.6 Å². The summed E-state index contributed by atoms with van der Waals surface area (Å²) >= 11 is 1.54. The van der Waals surface area contributed by atoms with E-state index in [1.165, 1.54) is 30.6 Å². The average molecular weight is 279 g/mol. The monoisotopic (exact) mass is 279 g/mol. The van der Waals surface area contributed by atoms with Crippen molar-refractivity contribution < 1.29 is 13.9 Å². The summed E-state index contributed by atoms with van der Waals surface area (Å²) in [6.07, 6.45) is 0.343. The Morgan fingerprint density at radius 2 is 2.26 bits per heavy atom. The molecule has 100 valence electrons. The number of methoxy groups -OCH3 is 1. The van der Waals surface area contributed by atoms with Gasteiger partial charge in [0.25, 0.3) is 0 Å². The van der Waals surface area contributed by atoms with Crippen LogP contribution in [0.2, 0.25) is 0 Å². The van der Waals surface area contributed by atoms with Crippen molar-refractivity contribution in [2.75, 3.05) is 7.11 Å². The third kappa shape index (κ3) is 3.79. The summed E-state index contributed by atoms with van der Waals surface area (Å²) in [4.78, 5) is 12.7. The molecular weight excluding hydrogens is 265 g/mol. The van der Waals surface area contributed by atoms with E-state index in [1.807, 2.05) is 17.5 Å². The molecule has 19 heavy (non-hydrogen) atoms. The molecule has 1 amide bonds. The molecule has 2 rings (SSSR count). The fourth-order valence-electron chi connectivity index (χ4n) is 1.71. The van der Waals surface area contributed by atoms with Crippen LogP contribution in [0.5, 0.6) is 5.75 Å². The highest BCUT2D eigenvalue weighted by molar-refractivity contribution is 7.10. The van der Waals surface area contributed by atoms with Gasteiger partial charge in [-0.3, -0.25) is 4.79 Å². The minimum Gasteiger partial charge on any atom is -0.496 e. The van der Waals surface area contributed by atoms with Crippen LogP contribution in [-0.4, -0.2) is 13.0 Å². The Kier molecular flexibility index (Phi) is 4.52. The number of thiophene rings is 1. The van der Waals surface area contributed by atoms with Crippen LogP contribution in [0, 0.1) is 5.82 Å². The van der Waals surface area contributed by atoms with Crippen LogP contribution in [-0.2, 0) is 17.8 Å². The highest BCUT2D eigenvalue weighted by atomic mass is 32.1. The molecule has 1 aromatic heterocycles. The number of carbonyl (C=O) groups excluding carboxylic acids is 1. The SMILES string of the molecule is COc1ccc(F)cc1CNC(=O)Cc1cccs1. The third-order valence-electron chi connectivity index (χ3n) is 2.63. The van der Waals surface area contributed by atoms with Crippen molar-refractivity contribution >= 4 is 17.2 Å². The number of ether oxygens (including phenoxy) is 1. The number of hydrogen-bond donors (Lipinski definition) is 1. The van der Waals surface area contributed by atoms with Crippen molar-refractivity contribution in [2.24, 2.45) is 0 Å². The van der Waals surface area contributed by atoms with Crippen LogP contribution in [0.25, 0.3) is 0 Å². The lowest BCUT2D eigenvalue weighted by Gasteiger charge is -2.09. The molecule has 0 saturated heterocycles. The molecule has 3 nitrogen and oxygen atoms in total. The lowest BCUT2D eigenvalue weighted by atomic mass is 10.2. The molecule has 0 aliphatic carbocycles. The molecule has 1 N–H and O–H groups in total. The summed E-state index contributed by atoms with van der Waals surface area (Å²) in [7, 11) is 1.52. The fraction of sp³-hybridized carbons (Fsp3) is 0.214. The number of hydrogen-bond acceptors (Lipinski definition) is 3. The van der Waals surface area contributed by atoms with Crippen molar-refractivity contribution in [2.45, 2.75) is 13.0 Å². The van der Waals surface area contributed by atoms with Gasteiger partial charge in [-0.25, -0.2) is 4.39 Å². The Hall–Kier alpha value is -1.88. The molecule has 0 saturated carbocycles. The predicted molar refractivity (Wildman–Crippen MR) is 72.8 cm³/mol. The smallest absolute Gasteiger partial charge is 0.225 e. The van der Waals surface area contributed by atoms with Crippen molar-refractivity contribution in [3.8, 4) is 5.75 Å². The Bertz CT molecular complexity index is 555. The maximum atomic E-state index is 13.1. The van der Waals surface area contributed by atoms with Gasteiger partial charge in [0.1, 0.15) is 11.6 Å². The molecular formula is C14H14FNO2S. The number of halogens is 1. The van der Waals surface area contributed by atoms with Gasteiger partial charge in [0.05, 0.1) is 13.5 Å².